The fourth-order valence-corrected chi connectivity index (χ4v) is 5.65. The Morgan fingerprint density at radius 2 is 0.696 bits per heavy atom. The maximum absolute atomic E-state index is 13.5. The zero-order valence-corrected chi connectivity index (χ0v) is 30.0. The summed E-state index contributed by atoms with van der Waals surface area (Å²) in [6, 6.07) is 34.7. The number of carbonyl (C=O) groups excluding carboxylic acids is 4. The summed E-state index contributed by atoms with van der Waals surface area (Å²) in [5.41, 5.74) is 1.65. The molecule has 0 saturated heterocycles. The first-order valence-corrected chi connectivity index (χ1v) is 17.2. The van der Waals surface area contributed by atoms with Gasteiger partial charge < -0.3 is 37.9 Å². The molecule has 12 heteroatoms. The van der Waals surface area contributed by atoms with Gasteiger partial charge in [0.15, 0.2) is 0 Å². The Morgan fingerprint density at radius 3 is 1.02 bits per heavy atom. The molecule has 280 valence electrons. The Labute approximate surface area is 320 Å². The van der Waals surface area contributed by atoms with Gasteiger partial charge in [0.1, 0.15) is 59.2 Å². The molecule has 1 heterocycles. The minimum Gasteiger partial charge on any atom is -0.497 e. The van der Waals surface area contributed by atoms with Crippen LogP contribution in [0.25, 0.3) is 11.1 Å². The van der Waals surface area contributed by atoms with Gasteiger partial charge in [-0.2, -0.15) is 0 Å². The zero-order valence-electron chi connectivity index (χ0n) is 30.0. The summed E-state index contributed by atoms with van der Waals surface area (Å²) >= 11 is 0. The lowest BCUT2D eigenvalue weighted by atomic mass is 10.0. The van der Waals surface area contributed by atoms with Crippen molar-refractivity contribution < 1.29 is 57.1 Å². The third kappa shape index (κ3) is 8.29. The standard InChI is InChI=1S/C44H32O12/c1-49-31-17-9-27(10-18-31)41(45)53-33-21-13-29(14-22-33)43(47)55-37-7-3-5-35-39(37)40-36(52-26-25-51-35)6-4-8-38(40)56-44(48)30-15-23-34(24-16-30)54-42(46)28-11-19-32(50-2)20-12-28/h3-24H,25-26H2,1-2H3. The molecule has 0 amide bonds. The summed E-state index contributed by atoms with van der Waals surface area (Å²) < 4.78 is 45.0. The summed E-state index contributed by atoms with van der Waals surface area (Å²) in [6.45, 7) is 0.389. The highest BCUT2D eigenvalue weighted by Crippen LogP contribution is 2.48. The van der Waals surface area contributed by atoms with Crippen LogP contribution in [0, 0.1) is 0 Å². The smallest absolute Gasteiger partial charge is 0.343 e. The van der Waals surface area contributed by atoms with Crippen molar-refractivity contribution >= 4 is 23.9 Å². The Kier molecular flexibility index (Phi) is 10.9. The summed E-state index contributed by atoms with van der Waals surface area (Å²) in [4.78, 5) is 52.2. The van der Waals surface area contributed by atoms with E-state index in [4.69, 9.17) is 37.9 Å². The van der Waals surface area contributed by atoms with Crippen molar-refractivity contribution in [2.24, 2.45) is 0 Å². The van der Waals surface area contributed by atoms with E-state index < -0.39 is 23.9 Å². The molecule has 0 bridgehead atoms. The predicted molar refractivity (Wildman–Crippen MR) is 202 cm³/mol. The molecule has 6 aromatic carbocycles. The van der Waals surface area contributed by atoms with E-state index in [1.165, 1.54) is 62.8 Å². The Hall–Kier alpha value is -7.60. The lowest BCUT2D eigenvalue weighted by Crippen LogP contribution is -2.16. The van der Waals surface area contributed by atoms with E-state index in [9.17, 15) is 19.2 Å². The molecule has 7 rings (SSSR count). The quantitative estimate of drug-likeness (QED) is 0.0988. The van der Waals surface area contributed by atoms with Crippen molar-refractivity contribution in [1.82, 2.24) is 0 Å². The van der Waals surface area contributed by atoms with Gasteiger partial charge in [0, 0.05) is 0 Å². The van der Waals surface area contributed by atoms with Gasteiger partial charge in [0.05, 0.1) is 47.6 Å². The highest BCUT2D eigenvalue weighted by molar-refractivity contribution is 5.97. The van der Waals surface area contributed by atoms with Gasteiger partial charge in [-0.1, -0.05) is 12.1 Å². The molecule has 0 atom stereocenters. The fourth-order valence-electron chi connectivity index (χ4n) is 5.65. The average molecular weight is 753 g/mol. The largest absolute Gasteiger partial charge is 0.497 e. The molecule has 0 fully saturated rings. The first-order valence-electron chi connectivity index (χ1n) is 17.2. The van der Waals surface area contributed by atoms with Gasteiger partial charge in [-0.05, 0) is 121 Å². The number of carbonyl (C=O) groups is 4. The number of esters is 4. The van der Waals surface area contributed by atoms with E-state index >= 15 is 0 Å². The fraction of sp³-hybridized carbons (Fsp3) is 0.0909. The molecule has 0 aromatic heterocycles. The van der Waals surface area contributed by atoms with E-state index in [1.54, 1.807) is 84.9 Å². The van der Waals surface area contributed by atoms with E-state index in [1.807, 2.05) is 0 Å². The van der Waals surface area contributed by atoms with Gasteiger partial charge in [-0.15, -0.1) is 0 Å². The van der Waals surface area contributed by atoms with Crippen molar-refractivity contribution in [3.63, 3.8) is 0 Å². The molecule has 0 radical (unpaired) electrons. The second kappa shape index (κ2) is 16.6. The molecule has 6 aromatic rings. The molecule has 1 aliphatic heterocycles. The maximum atomic E-state index is 13.5. The van der Waals surface area contributed by atoms with E-state index in [-0.39, 0.29) is 47.3 Å². The lowest BCUT2D eigenvalue weighted by molar-refractivity contribution is 0.0718. The second-order valence-corrected chi connectivity index (χ2v) is 12.0. The number of hydrogen-bond donors (Lipinski definition) is 0. The second-order valence-electron chi connectivity index (χ2n) is 12.0. The average Bonchev–Trinajstić information content (AvgIpc) is 3.22. The summed E-state index contributed by atoms with van der Waals surface area (Å²) in [5, 5.41) is 0. The third-order valence-electron chi connectivity index (χ3n) is 8.48. The number of hydrogen-bond acceptors (Lipinski definition) is 12. The van der Waals surface area contributed by atoms with Gasteiger partial charge in [0.25, 0.3) is 0 Å². The van der Waals surface area contributed by atoms with Crippen LogP contribution >= 0.6 is 0 Å². The SMILES string of the molecule is COc1ccc(C(=O)Oc2ccc(C(=O)Oc3cccc4c3-c3c(cccc3OC(=O)c3ccc(OC(=O)c5ccc(OC)cc5)cc3)OCCO4)cc2)cc1. The molecule has 1 aliphatic rings. The van der Waals surface area contributed by atoms with Crippen LogP contribution in [0.3, 0.4) is 0 Å². The van der Waals surface area contributed by atoms with Crippen molar-refractivity contribution in [3.8, 4) is 57.1 Å². The number of fused-ring (bicyclic) bond motifs is 3. The van der Waals surface area contributed by atoms with E-state index in [0.29, 0.717) is 45.3 Å². The van der Waals surface area contributed by atoms with E-state index in [0.717, 1.165) is 0 Å². The summed E-state index contributed by atoms with van der Waals surface area (Å²) in [7, 11) is 3.06. The molecule has 12 nitrogen and oxygen atoms in total. The topological polar surface area (TPSA) is 142 Å². The molecule has 0 aliphatic carbocycles. The zero-order chi connectivity index (χ0) is 39.0. The molecule has 56 heavy (non-hydrogen) atoms. The van der Waals surface area contributed by atoms with Crippen LogP contribution in [0.5, 0.6) is 46.0 Å². The summed E-state index contributed by atoms with van der Waals surface area (Å²) in [6.07, 6.45) is 0. The van der Waals surface area contributed by atoms with Crippen molar-refractivity contribution in [2.45, 2.75) is 0 Å². The number of ether oxygens (including phenoxy) is 8. The number of methoxy groups -OCH3 is 2. The normalized spacial score (nSPS) is 11.5. The maximum Gasteiger partial charge on any atom is 0.343 e. The van der Waals surface area contributed by atoms with Crippen molar-refractivity contribution in [3.05, 3.63) is 156 Å². The first-order chi connectivity index (χ1) is 27.3. The number of benzene rings is 6. The van der Waals surface area contributed by atoms with Gasteiger partial charge >= 0.3 is 23.9 Å². The van der Waals surface area contributed by atoms with Crippen molar-refractivity contribution in [1.29, 1.82) is 0 Å². The third-order valence-corrected chi connectivity index (χ3v) is 8.48. The van der Waals surface area contributed by atoms with Crippen LogP contribution in [0.2, 0.25) is 0 Å². The summed E-state index contributed by atoms with van der Waals surface area (Å²) in [5.74, 6) is 0.0376. The molecule has 0 saturated carbocycles. The van der Waals surface area contributed by atoms with Crippen LogP contribution in [0.4, 0.5) is 0 Å². The minimum absolute atomic E-state index is 0.112. The van der Waals surface area contributed by atoms with Crippen LogP contribution in [-0.2, 0) is 0 Å². The first kappa shape index (κ1) is 36.7. The molecule has 0 spiro atoms. The molecule has 0 N–H and O–H groups in total. The molecule has 0 unspecified atom stereocenters. The Bertz CT molecular complexity index is 2210. The Morgan fingerprint density at radius 1 is 0.393 bits per heavy atom. The van der Waals surface area contributed by atoms with Crippen LogP contribution in [-0.4, -0.2) is 51.3 Å². The van der Waals surface area contributed by atoms with Crippen molar-refractivity contribution in [2.75, 3.05) is 27.4 Å². The monoisotopic (exact) mass is 752 g/mol. The predicted octanol–water partition coefficient (Wildman–Crippen LogP) is 8.02. The van der Waals surface area contributed by atoms with Crippen LogP contribution < -0.4 is 37.9 Å². The lowest BCUT2D eigenvalue weighted by Gasteiger charge is -2.23. The van der Waals surface area contributed by atoms with Crippen LogP contribution in [0.1, 0.15) is 41.4 Å². The van der Waals surface area contributed by atoms with E-state index in [2.05, 4.69) is 0 Å². The highest BCUT2D eigenvalue weighted by Gasteiger charge is 2.27. The highest BCUT2D eigenvalue weighted by atomic mass is 16.6. The van der Waals surface area contributed by atoms with Gasteiger partial charge in [-0.3, -0.25) is 0 Å². The van der Waals surface area contributed by atoms with Crippen LogP contribution in [0.15, 0.2) is 133 Å². The Balaban J connectivity index is 1.09. The van der Waals surface area contributed by atoms with Gasteiger partial charge in [0.2, 0.25) is 0 Å². The number of rotatable bonds is 10. The minimum atomic E-state index is -0.710. The molecular formula is C44H32O12. The van der Waals surface area contributed by atoms with Gasteiger partial charge in [-0.25, -0.2) is 19.2 Å². The molecular weight excluding hydrogens is 720 g/mol.